The molecule has 2 aliphatic rings. The van der Waals surface area contributed by atoms with Gasteiger partial charge in [0, 0.05) is 49.8 Å². The van der Waals surface area contributed by atoms with Crippen LogP contribution in [-0.2, 0) is 22.4 Å². The number of methoxy groups -OCH3 is 1. The van der Waals surface area contributed by atoms with Crippen LogP contribution in [0.25, 0.3) is 10.9 Å². The van der Waals surface area contributed by atoms with Gasteiger partial charge in [0.25, 0.3) is 5.91 Å². The number of halogens is 2. The summed E-state index contributed by atoms with van der Waals surface area (Å²) in [6, 6.07) is 10.6. The van der Waals surface area contributed by atoms with Crippen molar-refractivity contribution in [3.8, 4) is 11.5 Å². The third-order valence-corrected chi connectivity index (χ3v) is 8.01. The quantitative estimate of drug-likeness (QED) is 0.342. The molecule has 0 spiro atoms. The number of H-pyrrole nitrogens is 1. The molecular weight excluding hydrogens is 522 g/mol. The molecule has 1 unspecified atom stereocenters. The van der Waals surface area contributed by atoms with Crippen molar-refractivity contribution < 1.29 is 33.0 Å². The Hall–Kier alpha value is -3.70. The SMILES string of the molecule is CCN(CCOC)CCN1C(=O)N2C(Cc3cccc(O)c3)c3[nH]c4ccc(OC(F)F)cc4c3C[C@@]2(C)C1=O. The number of nitrogens with one attached hydrogen (secondary N) is 1. The molecule has 3 aromatic rings. The first-order chi connectivity index (χ1) is 19.2. The molecule has 40 heavy (non-hydrogen) atoms. The standard InChI is InChI=1S/C29H34F2N4O5/c1-4-33(12-13-39-3)10-11-34-26(37)29(2)17-22-21-16-20(40-27(30)31)8-9-23(21)32-25(22)24(35(29)28(34)38)15-18-6-5-7-19(36)14-18/h5-9,14,16,24,27,32,36H,4,10-13,15,17H2,1-3H3/t24?,29-/m0/s1. The van der Waals surface area contributed by atoms with E-state index >= 15 is 0 Å². The van der Waals surface area contributed by atoms with Crippen LogP contribution in [-0.4, -0.2) is 88.8 Å². The molecule has 1 saturated heterocycles. The highest BCUT2D eigenvalue weighted by Crippen LogP contribution is 2.48. The lowest BCUT2D eigenvalue weighted by atomic mass is 9.81. The highest BCUT2D eigenvalue weighted by Gasteiger charge is 2.59. The van der Waals surface area contributed by atoms with Gasteiger partial charge in [0.1, 0.15) is 17.0 Å². The number of hydrogen-bond acceptors (Lipinski definition) is 6. The van der Waals surface area contributed by atoms with E-state index in [0.717, 1.165) is 23.4 Å². The second kappa shape index (κ2) is 11.1. The monoisotopic (exact) mass is 556 g/mol. The summed E-state index contributed by atoms with van der Waals surface area (Å²) in [6.07, 6.45) is 0.561. The molecule has 9 nitrogen and oxygen atoms in total. The van der Waals surface area contributed by atoms with Crippen molar-refractivity contribution in [2.75, 3.05) is 39.9 Å². The number of ether oxygens (including phenoxy) is 2. The number of hydrogen-bond donors (Lipinski definition) is 2. The fraction of sp³-hybridized carbons (Fsp3) is 0.448. The maximum Gasteiger partial charge on any atom is 0.387 e. The van der Waals surface area contributed by atoms with E-state index in [2.05, 4.69) is 14.6 Å². The number of amides is 3. The molecule has 214 valence electrons. The summed E-state index contributed by atoms with van der Waals surface area (Å²) in [7, 11) is 1.63. The molecule has 2 aliphatic heterocycles. The lowest BCUT2D eigenvalue weighted by molar-refractivity contribution is -0.133. The Morgan fingerprint density at radius 3 is 2.70 bits per heavy atom. The first-order valence-electron chi connectivity index (χ1n) is 13.4. The maximum atomic E-state index is 14.0. The molecule has 5 rings (SSSR count). The predicted octanol–water partition coefficient (Wildman–Crippen LogP) is 4.31. The number of urea groups is 1. The molecule has 2 aromatic carbocycles. The van der Waals surface area contributed by atoms with E-state index < -0.39 is 18.2 Å². The number of imide groups is 1. The Labute approximate surface area is 231 Å². The predicted molar refractivity (Wildman–Crippen MR) is 145 cm³/mol. The highest BCUT2D eigenvalue weighted by molar-refractivity contribution is 6.08. The number of phenols is 1. The number of phenolic OH excluding ortho intramolecular Hbond substituents is 1. The minimum Gasteiger partial charge on any atom is -0.508 e. The van der Waals surface area contributed by atoms with E-state index in [1.54, 1.807) is 49.3 Å². The molecule has 2 atom stereocenters. The number of carbonyl (C=O) groups excluding carboxylic acids is 2. The number of fused-ring (bicyclic) bond motifs is 4. The van der Waals surface area contributed by atoms with Crippen LogP contribution in [0.4, 0.5) is 13.6 Å². The topological polar surface area (TPSA) is 98.3 Å². The number of benzene rings is 2. The summed E-state index contributed by atoms with van der Waals surface area (Å²) in [5.41, 5.74) is 1.84. The summed E-state index contributed by atoms with van der Waals surface area (Å²) in [4.78, 5) is 36.4. The molecule has 0 aliphatic carbocycles. The first-order valence-corrected chi connectivity index (χ1v) is 13.4. The smallest absolute Gasteiger partial charge is 0.387 e. The summed E-state index contributed by atoms with van der Waals surface area (Å²) < 4.78 is 35.8. The van der Waals surface area contributed by atoms with Crippen molar-refractivity contribution in [3.63, 3.8) is 0 Å². The van der Waals surface area contributed by atoms with Crippen LogP contribution < -0.4 is 4.74 Å². The van der Waals surface area contributed by atoms with Crippen LogP contribution in [0.5, 0.6) is 11.5 Å². The van der Waals surface area contributed by atoms with E-state index in [0.29, 0.717) is 37.0 Å². The van der Waals surface area contributed by atoms with Crippen molar-refractivity contribution in [1.82, 2.24) is 19.7 Å². The second-order valence-corrected chi connectivity index (χ2v) is 10.5. The molecule has 1 fully saturated rings. The van der Waals surface area contributed by atoms with Crippen molar-refractivity contribution >= 4 is 22.8 Å². The minimum absolute atomic E-state index is 0.0209. The van der Waals surface area contributed by atoms with E-state index in [-0.39, 0.29) is 36.4 Å². The van der Waals surface area contributed by atoms with Gasteiger partial charge in [-0.25, -0.2) is 4.79 Å². The molecule has 2 N–H and O–H groups in total. The number of aromatic nitrogens is 1. The van der Waals surface area contributed by atoms with E-state index in [4.69, 9.17) is 4.74 Å². The zero-order chi connectivity index (χ0) is 28.6. The molecular formula is C29H34F2N4O5. The van der Waals surface area contributed by atoms with Gasteiger partial charge in [-0.05, 0) is 61.3 Å². The van der Waals surface area contributed by atoms with E-state index in [1.165, 1.54) is 11.0 Å². The highest BCUT2D eigenvalue weighted by atomic mass is 19.3. The van der Waals surface area contributed by atoms with Crippen LogP contribution in [0.3, 0.4) is 0 Å². The summed E-state index contributed by atoms with van der Waals surface area (Å²) in [5.74, 6) is -0.170. The van der Waals surface area contributed by atoms with Gasteiger partial charge < -0.3 is 24.5 Å². The van der Waals surface area contributed by atoms with Gasteiger partial charge >= 0.3 is 12.6 Å². The Balaban J connectivity index is 1.55. The number of alkyl halides is 2. The third kappa shape index (κ3) is 4.99. The largest absolute Gasteiger partial charge is 0.508 e. The zero-order valence-corrected chi connectivity index (χ0v) is 22.8. The number of carbonyl (C=O) groups is 2. The Kier molecular flexibility index (Phi) is 7.70. The number of likely N-dealkylation sites (N-methyl/N-ethyl adjacent to an activating group) is 1. The average Bonchev–Trinajstić information content (AvgIpc) is 3.35. The van der Waals surface area contributed by atoms with Crippen LogP contribution in [0.15, 0.2) is 42.5 Å². The molecule has 11 heteroatoms. The van der Waals surface area contributed by atoms with E-state index in [1.807, 2.05) is 13.0 Å². The first kappa shape index (κ1) is 27.9. The Morgan fingerprint density at radius 2 is 2.00 bits per heavy atom. The average molecular weight is 557 g/mol. The Morgan fingerprint density at radius 1 is 1.20 bits per heavy atom. The van der Waals surface area contributed by atoms with Crippen molar-refractivity contribution in [2.45, 2.75) is 44.9 Å². The van der Waals surface area contributed by atoms with Crippen molar-refractivity contribution in [1.29, 1.82) is 0 Å². The van der Waals surface area contributed by atoms with Gasteiger partial charge in [0.15, 0.2) is 0 Å². The van der Waals surface area contributed by atoms with Crippen LogP contribution in [0, 0.1) is 0 Å². The summed E-state index contributed by atoms with van der Waals surface area (Å²) >= 11 is 0. The van der Waals surface area contributed by atoms with Gasteiger partial charge in [-0.2, -0.15) is 8.78 Å². The molecule has 3 heterocycles. The number of rotatable bonds is 11. The van der Waals surface area contributed by atoms with Gasteiger partial charge in [-0.1, -0.05) is 19.1 Å². The lowest BCUT2D eigenvalue weighted by Crippen LogP contribution is -2.53. The molecule has 3 amide bonds. The summed E-state index contributed by atoms with van der Waals surface area (Å²) in [5, 5.41) is 10.8. The lowest BCUT2D eigenvalue weighted by Gasteiger charge is -2.42. The fourth-order valence-corrected chi connectivity index (χ4v) is 6.02. The number of nitrogens with zero attached hydrogens (tertiary/aromatic N) is 3. The number of aromatic hydroxyl groups is 1. The molecule has 1 aromatic heterocycles. The fourth-order valence-electron chi connectivity index (χ4n) is 6.02. The van der Waals surface area contributed by atoms with Crippen molar-refractivity contribution in [3.05, 3.63) is 59.3 Å². The molecule has 0 bridgehead atoms. The van der Waals surface area contributed by atoms with Crippen LogP contribution in [0.2, 0.25) is 0 Å². The van der Waals surface area contributed by atoms with Crippen LogP contribution in [0.1, 0.15) is 36.7 Å². The summed E-state index contributed by atoms with van der Waals surface area (Å²) in [6.45, 7) is 3.56. The molecule has 0 saturated carbocycles. The van der Waals surface area contributed by atoms with Gasteiger partial charge in [-0.15, -0.1) is 0 Å². The van der Waals surface area contributed by atoms with E-state index in [9.17, 15) is 23.5 Å². The second-order valence-electron chi connectivity index (χ2n) is 10.5. The maximum absolute atomic E-state index is 14.0. The van der Waals surface area contributed by atoms with Gasteiger partial charge in [-0.3, -0.25) is 14.6 Å². The normalized spacial score (nSPS) is 20.6. The van der Waals surface area contributed by atoms with Crippen molar-refractivity contribution in [2.24, 2.45) is 0 Å². The number of aromatic amines is 1. The molecule has 0 radical (unpaired) electrons. The zero-order valence-electron chi connectivity index (χ0n) is 22.8. The third-order valence-electron chi connectivity index (χ3n) is 8.01. The van der Waals surface area contributed by atoms with Gasteiger partial charge in [0.2, 0.25) is 0 Å². The minimum atomic E-state index is -2.96. The van der Waals surface area contributed by atoms with Gasteiger partial charge in [0.05, 0.1) is 12.6 Å². The Bertz CT molecular complexity index is 1410. The van der Waals surface area contributed by atoms with Crippen LogP contribution >= 0.6 is 0 Å².